The Kier molecular flexibility index (Phi) is 54.3. The third kappa shape index (κ3) is 55.4. The number of carbonyl (C=O) groups excluding carboxylic acids is 3. The average Bonchev–Trinajstić information content (AvgIpc) is 3.35. The molecule has 0 bridgehead atoms. The first kappa shape index (κ1) is 65.6. The Bertz CT molecular complexity index is 1330. The molecule has 0 saturated carbocycles. The van der Waals surface area contributed by atoms with Crippen molar-refractivity contribution in [1.82, 2.24) is 0 Å². The SMILES string of the molecule is CCCCC/C=C/C/C=C/C/C=C/C/C=C/CCCC(=O)OC[C@@H](COC(=O)CCCCCCCCCCCCCCCCCCC)OC(=O)CCCCCC/C=C/C/C=C/C/C=C/CCCCC. The molecule has 0 aromatic rings. The van der Waals surface area contributed by atoms with Crippen LogP contribution in [-0.2, 0) is 28.6 Å². The number of allylic oxidation sites excluding steroid dienone is 14. The number of carbonyl (C=O) groups is 3. The van der Waals surface area contributed by atoms with Crippen molar-refractivity contribution in [3.63, 3.8) is 0 Å². The lowest BCUT2D eigenvalue weighted by molar-refractivity contribution is -0.167. The zero-order valence-electron chi connectivity index (χ0n) is 45.3. The van der Waals surface area contributed by atoms with Gasteiger partial charge in [-0.2, -0.15) is 0 Å². The molecule has 0 unspecified atom stereocenters. The normalized spacial score (nSPS) is 12.7. The van der Waals surface area contributed by atoms with Crippen LogP contribution in [0.3, 0.4) is 0 Å². The molecule has 0 fully saturated rings. The van der Waals surface area contributed by atoms with Crippen molar-refractivity contribution in [3.05, 3.63) is 85.1 Å². The molecule has 0 heterocycles. The zero-order chi connectivity index (χ0) is 50.0. The first-order chi connectivity index (χ1) is 34.0. The maximum absolute atomic E-state index is 12.9. The van der Waals surface area contributed by atoms with Gasteiger partial charge >= 0.3 is 17.9 Å². The number of esters is 3. The maximum atomic E-state index is 12.9. The molecular weight excluding hydrogens is 853 g/mol. The van der Waals surface area contributed by atoms with Gasteiger partial charge in [-0.05, 0) is 96.3 Å². The first-order valence-corrected chi connectivity index (χ1v) is 29.1. The van der Waals surface area contributed by atoms with E-state index < -0.39 is 6.10 Å². The van der Waals surface area contributed by atoms with E-state index in [-0.39, 0.29) is 37.5 Å². The van der Waals surface area contributed by atoms with Crippen molar-refractivity contribution in [3.8, 4) is 0 Å². The summed E-state index contributed by atoms with van der Waals surface area (Å²) in [5, 5.41) is 0. The summed E-state index contributed by atoms with van der Waals surface area (Å²) in [5.74, 6) is -0.974. The van der Waals surface area contributed by atoms with Gasteiger partial charge in [0.2, 0.25) is 0 Å². The summed E-state index contributed by atoms with van der Waals surface area (Å²) in [6, 6.07) is 0. The second-order valence-electron chi connectivity index (χ2n) is 19.2. The van der Waals surface area contributed by atoms with E-state index >= 15 is 0 Å². The van der Waals surface area contributed by atoms with Gasteiger partial charge in [-0.3, -0.25) is 14.4 Å². The second kappa shape index (κ2) is 57.2. The van der Waals surface area contributed by atoms with E-state index in [0.717, 1.165) is 89.9 Å². The lowest BCUT2D eigenvalue weighted by atomic mass is 10.0. The molecule has 6 nitrogen and oxygen atoms in total. The quantitative estimate of drug-likeness (QED) is 0.0262. The Morgan fingerprint density at radius 1 is 0.290 bits per heavy atom. The molecule has 0 aliphatic heterocycles. The lowest BCUT2D eigenvalue weighted by Gasteiger charge is -2.18. The Morgan fingerprint density at radius 3 is 0.899 bits per heavy atom. The number of unbranched alkanes of at least 4 members (excludes halogenated alkanes) is 27. The predicted octanol–water partition coefficient (Wildman–Crippen LogP) is 19.5. The van der Waals surface area contributed by atoms with Gasteiger partial charge in [-0.15, -0.1) is 0 Å². The lowest BCUT2D eigenvalue weighted by Crippen LogP contribution is -2.30. The van der Waals surface area contributed by atoms with E-state index in [0.29, 0.717) is 19.3 Å². The van der Waals surface area contributed by atoms with Crippen LogP contribution in [0.1, 0.15) is 278 Å². The van der Waals surface area contributed by atoms with Gasteiger partial charge in [0.1, 0.15) is 13.2 Å². The van der Waals surface area contributed by atoms with Crippen molar-refractivity contribution >= 4 is 17.9 Å². The number of rotatable bonds is 52. The van der Waals surface area contributed by atoms with E-state index in [1.807, 2.05) is 0 Å². The number of hydrogen-bond donors (Lipinski definition) is 0. The minimum absolute atomic E-state index is 0.101. The van der Waals surface area contributed by atoms with Crippen LogP contribution in [0.15, 0.2) is 85.1 Å². The summed E-state index contributed by atoms with van der Waals surface area (Å²) in [4.78, 5) is 38.2. The van der Waals surface area contributed by atoms with Crippen molar-refractivity contribution < 1.29 is 28.6 Å². The van der Waals surface area contributed by atoms with Crippen molar-refractivity contribution in [2.24, 2.45) is 0 Å². The molecule has 0 rings (SSSR count). The third-order valence-electron chi connectivity index (χ3n) is 12.4. The Morgan fingerprint density at radius 2 is 0.536 bits per heavy atom. The molecule has 0 aliphatic carbocycles. The molecule has 0 amide bonds. The van der Waals surface area contributed by atoms with Crippen molar-refractivity contribution in [1.29, 1.82) is 0 Å². The van der Waals surface area contributed by atoms with Gasteiger partial charge in [0, 0.05) is 19.3 Å². The van der Waals surface area contributed by atoms with E-state index in [1.54, 1.807) is 0 Å². The molecule has 0 saturated heterocycles. The van der Waals surface area contributed by atoms with Gasteiger partial charge in [0.25, 0.3) is 0 Å². The van der Waals surface area contributed by atoms with Gasteiger partial charge in [-0.1, -0.05) is 247 Å². The summed E-state index contributed by atoms with van der Waals surface area (Å²) in [6.45, 7) is 6.54. The van der Waals surface area contributed by atoms with Gasteiger partial charge in [-0.25, -0.2) is 0 Å². The van der Waals surface area contributed by atoms with Crippen LogP contribution in [0.4, 0.5) is 0 Å². The van der Waals surface area contributed by atoms with E-state index in [4.69, 9.17) is 14.2 Å². The van der Waals surface area contributed by atoms with Crippen LogP contribution >= 0.6 is 0 Å². The molecule has 0 spiro atoms. The molecule has 0 aromatic carbocycles. The Balaban J connectivity index is 4.49. The fourth-order valence-corrected chi connectivity index (χ4v) is 7.97. The fourth-order valence-electron chi connectivity index (χ4n) is 7.97. The summed E-state index contributed by atoms with van der Waals surface area (Å²) in [6.07, 6.45) is 74.3. The monoisotopic (exact) mass is 961 g/mol. The highest BCUT2D eigenvalue weighted by atomic mass is 16.6. The largest absolute Gasteiger partial charge is 0.462 e. The fraction of sp³-hybridized carbons (Fsp3) is 0.730. The molecular formula is C63H108O6. The summed E-state index contributed by atoms with van der Waals surface area (Å²) in [7, 11) is 0. The van der Waals surface area contributed by atoms with Crippen LogP contribution in [0.2, 0.25) is 0 Å². The van der Waals surface area contributed by atoms with Crippen molar-refractivity contribution in [2.45, 2.75) is 284 Å². The topological polar surface area (TPSA) is 78.9 Å². The molecule has 396 valence electrons. The van der Waals surface area contributed by atoms with Gasteiger partial charge < -0.3 is 14.2 Å². The summed E-state index contributed by atoms with van der Waals surface area (Å²) < 4.78 is 16.8. The molecule has 0 N–H and O–H groups in total. The van der Waals surface area contributed by atoms with E-state index in [2.05, 4.69) is 106 Å². The highest BCUT2D eigenvalue weighted by Gasteiger charge is 2.19. The van der Waals surface area contributed by atoms with Crippen molar-refractivity contribution in [2.75, 3.05) is 13.2 Å². The number of hydrogen-bond acceptors (Lipinski definition) is 6. The molecule has 0 radical (unpaired) electrons. The molecule has 0 aromatic heterocycles. The summed E-state index contributed by atoms with van der Waals surface area (Å²) >= 11 is 0. The third-order valence-corrected chi connectivity index (χ3v) is 12.4. The molecule has 6 heteroatoms. The first-order valence-electron chi connectivity index (χ1n) is 29.1. The maximum Gasteiger partial charge on any atom is 0.306 e. The van der Waals surface area contributed by atoms with Gasteiger partial charge in [0.05, 0.1) is 0 Å². The van der Waals surface area contributed by atoms with Crippen LogP contribution < -0.4 is 0 Å². The smallest absolute Gasteiger partial charge is 0.306 e. The van der Waals surface area contributed by atoms with Crippen LogP contribution in [0, 0.1) is 0 Å². The minimum Gasteiger partial charge on any atom is -0.462 e. The Labute approximate surface area is 426 Å². The summed E-state index contributed by atoms with van der Waals surface area (Å²) in [5.41, 5.74) is 0. The van der Waals surface area contributed by atoms with Crippen LogP contribution in [-0.4, -0.2) is 37.2 Å². The molecule has 0 aliphatic rings. The predicted molar refractivity (Wildman–Crippen MR) is 297 cm³/mol. The number of ether oxygens (including phenoxy) is 3. The minimum atomic E-state index is -0.810. The second-order valence-corrected chi connectivity index (χ2v) is 19.2. The highest BCUT2D eigenvalue weighted by Crippen LogP contribution is 2.15. The zero-order valence-corrected chi connectivity index (χ0v) is 45.3. The van der Waals surface area contributed by atoms with Gasteiger partial charge in [0.15, 0.2) is 6.10 Å². The van der Waals surface area contributed by atoms with E-state index in [1.165, 1.54) is 141 Å². The van der Waals surface area contributed by atoms with Crippen LogP contribution in [0.25, 0.3) is 0 Å². The van der Waals surface area contributed by atoms with E-state index in [9.17, 15) is 14.4 Å². The average molecular weight is 962 g/mol. The Hall–Kier alpha value is -3.41. The highest BCUT2D eigenvalue weighted by molar-refractivity contribution is 5.71. The molecule has 69 heavy (non-hydrogen) atoms. The standard InChI is InChI=1S/C63H108O6/c1-4-7-10-13-16-19-22-25-28-31-34-37-40-43-46-49-52-55-61(64)67-58-60(69-63(66)57-54-51-48-45-42-39-36-33-30-27-24-21-18-15-12-9-6-3)59-68-62(65)56-53-50-47-44-41-38-35-32-29-26-23-20-17-14-11-8-5-2/h16,18-19,21,25,27-28,30,34,36-37,39,43,46,60H,4-15,17,20,22-24,26,29,31-33,35,38,40-42,44-45,47-59H2,1-3H3/b19-16+,21-18+,28-25+,30-27+,37-34+,39-36+,46-43+/t60-/m0/s1. The molecule has 1 atom stereocenters. The van der Waals surface area contributed by atoms with Crippen LogP contribution in [0.5, 0.6) is 0 Å².